The second kappa shape index (κ2) is 8.74. The van der Waals surface area contributed by atoms with Crippen LogP contribution in [0.4, 0.5) is 17.6 Å². The van der Waals surface area contributed by atoms with Crippen molar-refractivity contribution >= 4 is 0 Å². The molecule has 1 saturated heterocycles. The molecule has 1 fully saturated rings. The molecule has 0 atom stereocenters. The van der Waals surface area contributed by atoms with Gasteiger partial charge in [-0.1, -0.05) is 30.9 Å². The van der Waals surface area contributed by atoms with Gasteiger partial charge in [-0.2, -0.15) is 0 Å². The predicted molar refractivity (Wildman–Crippen MR) is 87.9 cm³/mol. The van der Waals surface area contributed by atoms with E-state index in [4.69, 9.17) is 4.74 Å². The maximum Gasteiger partial charge on any atom is 0.573 e. The Morgan fingerprint density at radius 3 is 2.84 bits per heavy atom. The quantitative estimate of drug-likeness (QED) is 0.245. The molecule has 0 aromatic rings. The van der Waals surface area contributed by atoms with Crippen molar-refractivity contribution in [2.45, 2.75) is 38.5 Å². The molecular formula is C19H20F4O2. The Balaban J connectivity index is 1.90. The molecule has 0 radical (unpaired) electrons. The summed E-state index contributed by atoms with van der Waals surface area (Å²) in [5, 5.41) is 0. The molecule has 1 heterocycles. The zero-order chi connectivity index (χ0) is 18.3. The predicted octanol–water partition coefficient (Wildman–Crippen LogP) is 6.18. The van der Waals surface area contributed by atoms with Gasteiger partial charge in [0.15, 0.2) is 0 Å². The van der Waals surface area contributed by atoms with Gasteiger partial charge in [0, 0.05) is 12.0 Å². The standard InChI is InChI=1S/C19H20F4O2/c1-14(25-19(21,22)23)7-4-2-3-5-8-16-13-17(20)11-10-15-9-6-12-24-18(15)16/h3-5,7,10,13H,1-2,6,8-9,11-12H2/b5-3-,7-4-. The Morgan fingerprint density at radius 1 is 1.28 bits per heavy atom. The SMILES string of the molecule is C=C(/C=C\C/C=C\CC1=C2OCCCC2=CCC(F)=C1)OC(F)(F)F. The van der Waals surface area contributed by atoms with Gasteiger partial charge in [-0.3, -0.25) is 0 Å². The summed E-state index contributed by atoms with van der Waals surface area (Å²) in [4.78, 5) is 0. The summed E-state index contributed by atoms with van der Waals surface area (Å²) in [5.74, 6) is 0.0814. The number of fused-ring (bicyclic) bond motifs is 1. The van der Waals surface area contributed by atoms with Crippen molar-refractivity contribution in [2.24, 2.45) is 0 Å². The molecule has 6 heteroatoms. The van der Waals surface area contributed by atoms with Crippen LogP contribution in [-0.2, 0) is 9.47 Å². The van der Waals surface area contributed by atoms with E-state index in [1.54, 1.807) is 6.08 Å². The van der Waals surface area contributed by atoms with Crippen LogP contribution < -0.4 is 0 Å². The minimum absolute atomic E-state index is 0.207. The van der Waals surface area contributed by atoms with Gasteiger partial charge < -0.3 is 9.47 Å². The van der Waals surface area contributed by atoms with Gasteiger partial charge >= 0.3 is 6.36 Å². The van der Waals surface area contributed by atoms with Gasteiger partial charge in [0.05, 0.1) is 6.61 Å². The second-order valence-electron chi connectivity index (χ2n) is 5.66. The highest BCUT2D eigenvalue weighted by Gasteiger charge is 2.30. The van der Waals surface area contributed by atoms with E-state index in [2.05, 4.69) is 11.3 Å². The Kier molecular flexibility index (Phi) is 6.67. The minimum atomic E-state index is -4.73. The van der Waals surface area contributed by atoms with E-state index >= 15 is 0 Å². The summed E-state index contributed by atoms with van der Waals surface area (Å²) >= 11 is 0. The van der Waals surface area contributed by atoms with Gasteiger partial charge in [-0.05, 0) is 43.4 Å². The normalized spacial score (nSPS) is 18.6. The molecular weight excluding hydrogens is 336 g/mol. The molecule has 0 bridgehead atoms. The van der Waals surface area contributed by atoms with Crippen molar-refractivity contribution < 1.29 is 27.0 Å². The highest BCUT2D eigenvalue weighted by Crippen LogP contribution is 2.32. The van der Waals surface area contributed by atoms with Crippen LogP contribution in [0.2, 0.25) is 0 Å². The summed E-state index contributed by atoms with van der Waals surface area (Å²) in [5.41, 5.74) is 1.82. The van der Waals surface area contributed by atoms with Crippen LogP contribution in [0, 0.1) is 0 Å². The van der Waals surface area contributed by atoms with Crippen molar-refractivity contribution in [3.8, 4) is 0 Å². The Hall–Kier alpha value is -2.24. The average Bonchev–Trinajstić information content (AvgIpc) is 2.69. The van der Waals surface area contributed by atoms with Crippen molar-refractivity contribution in [1.29, 1.82) is 0 Å². The summed E-state index contributed by atoms with van der Waals surface area (Å²) in [6.07, 6.45) is 7.93. The van der Waals surface area contributed by atoms with E-state index in [9.17, 15) is 17.6 Å². The van der Waals surface area contributed by atoms with Crippen LogP contribution in [0.15, 0.2) is 71.5 Å². The van der Waals surface area contributed by atoms with Crippen molar-refractivity contribution in [2.75, 3.05) is 6.61 Å². The molecule has 2 aliphatic rings. The van der Waals surface area contributed by atoms with E-state index < -0.39 is 12.1 Å². The van der Waals surface area contributed by atoms with Crippen LogP contribution in [0.3, 0.4) is 0 Å². The van der Waals surface area contributed by atoms with E-state index in [1.165, 1.54) is 12.2 Å². The number of ether oxygens (including phenoxy) is 2. The van der Waals surface area contributed by atoms with Gasteiger partial charge in [-0.25, -0.2) is 4.39 Å². The molecule has 0 unspecified atom stereocenters. The van der Waals surface area contributed by atoms with E-state index in [-0.39, 0.29) is 12.2 Å². The van der Waals surface area contributed by atoms with Crippen molar-refractivity contribution in [3.63, 3.8) is 0 Å². The lowest BCUT2D eigenvalue weighted by Gasteiger charge is -2.21. The van der Waals surface area contributed by atoms with E-state index in [0.717, 1.165) is 35.8 Å². The van der Waals surface area contributed by atoms with E-state index in [0.29, 0.717) is 19.4 Å². The first-order valence-corrected chi connectivity index (χ1v) is 8.03. The van der Waals surface area contributed by atoms with Gasteiger partial charge in [-0.15, -0.1) is 13.2 Å². The van der Waals surface area contributed by atoms with Gasteiger partial charge in [0.25, 0.3) is 0 Å². The van der Waals surface area contributed by atoms with Crippen LogP contribution in [0.5, 0.6) is 0 Å². The third-order valence-corrected chi connectivity index (χ3v) is 3.62. The minimum Gasteiger partial charge on any atom is -0.493 e. The first-order valence-electron chi connectivity index (χ1n) is 8.03. The molecule has 1 aliphatic heterocycles. The molecule has 1 aliphatic carbocycles. The lowest BCUT2D eigenvalue weighted by molar-refractivity contribution is -0.303. The number of hydrogen-bond acceptors (Lipinski definition) is 2. The molecule has 136 valence electrons. The first-order chi connectivity index (χ1) is 11.8. The lowest BCUT2D eigenvalue weighted by atomic mass is 10.0. The Bertz CT molecular complexity index is 649. The lowest BCUT2D eigenvalue weighted by Crippen LogP contribution is -2.11. The monoisotopic (exact) mass is 356 g/mol. The third kappa shape index (κ3) is 6.64. The summed E-state index contributed by atoms with van der Waals surface area (Å²) in [6, 6.07) is 0. The second-order valence-corrected chi connectivity index (χ2v) is 5.66. The molecule has 25 heavy (non-hydrogen) atoms. The van der Waals surface area contributed by atoms with Gasteiger partial charge in [0.1, 0.15) is 17.3 Å². The molecule has 0 aromatic heterocycles. The fraction of sp³-hybridized carbons (Fsp3) is 0.368. The first kappa shape index (κ1) is 19.1. The summed E-state index contributed by atoms with van der Waals surface area (Å²) in [6.45, 7) is 3.79. The molecule has 0 aromatic carbocycles. The fourth-order valence-electron chi connectivity index (χ4n) is 2.59. The molecule has 2 nitrogen and oxygen atoms in total. The summed E-state index contributed by atoms with van der Waals surface area (Å²) < 4.78 is 59.0. The Labute approximate surface area is 144 Å². The van der Waals surface area contributed by atoms with E-state index in [1.807, 2.05) is 12.2 Å². The highest BCUT2D eigenvalue weighted by atomic mass is 19.4. The fourth-order valence-corrected chi connectivity index (χ4v) is 2.59. The van der Waals surface area contributed by atoms with Crippen LogP contribution in [-0.4, -0.2) is 13.0 Å². The van der Waals surface area contributed by atoms with Gasteiger partial charge in [0.2, 0.25) is 0 Å². The zero-order valence-electron chi connectivity index (χ0n) is 13.7. The third-order valence-electron chi connectivity index (χ3n) is 3.62. The number of halogens is 4. The van der Waals surface area contributed by atoms with Crippen LogP contribution >= 0.6 is 0 Å². The molecule has 2 rings (SSSR count). The van der Waals surface area contributed by atoms with Crippen molar-refractivity contribution in [1.82, 2.24) is 0 Å². The topological polar surface area (TPSA) is 18.5 Å². The largest absolute Gasteiger partial charge is 0.573 e. The number of hydrogen-bond donors (Lipinski definition) is 0. The molecule has 0 saturated carbocycles. The molecule has 0 spiro atoms. The van der Waals surface area contributed by atoms with Crippen LogP contribution in [0.1, 0.15) is 32.1 Å². The number of rotatable bonds is 6. The van der Waals surface area contributed by atoms with Crippen molar-refractivity contribution in [3.05, 3.63) is 71.5 Å². The molecule has 0 amide bonds. The zero-order valence-corrected chi connectivity index (χ0v) is 13.7. The number of alkyl halides is 3. The number of allylic oxidation sites excluding steroid dienone is 9. The maximum atomic E-state index is 13.8. The van der Waals surface area contributed by atoms with Crippen LogP contribution in [0.25, 0.3) is 0 Å². The maximum absolute atomic E-state index is 13.8. The summed E-state index contributed by atoms with van der Waals surface area (Å²) in [7, 11) is 0. The average molecular weight is 356 g/mol. The molecule has 0 N–H and O–H groups in total. The smallest absolute Gasteiger partial charge is 0.493 e. The highest BCUT2D eigenvalue weighted by molar-refractivity contribution is 5.42. The Morgan fingerprint density at radius 2 is 2.08 bits per heavy atom.